The third kappa shape index (κ3) is 4.24. The third-order valence-electron chi connectivity index (χ3n) is 5.25. The van der Waals surface area contributed by atoms with Gasteiger partial charge in [-0.1, -0.05) is 30.3 Å². The zero-order chi connectivity index (χ0) is 20.1. The summed E-state index contributed by atoms with van der Waals surface area (Å²) in [5.41, 5.74) is 7.45. The maximum absolute atomic E-state index is 12.5. The number of carbonyl (C=O) groups is 2. The van der Waals surface area contributed by atoms with Crippen molar-refractivity contribution < 1.29 is 19.3 Å². The van der Waals surface area contributed by atoms with Gasteiger partial charge >= 0.3 is 6.03 Å². The molecule has 1 aromatic carbocycles. The van der Waals surface area contributed by atoms with Crippen molar-refractivity contribution >= 4 is 23.6 Å². The number of allylic oxidation sites excluding steroid dienone is 3. The molecule has 0 saturated carbocycles. The van der Waals surface area contributed by atoms with Gasteiger partial charge in [0, 0.05) is 32.1 Å². The van der Waals surface area contributed by atoms with Crippen LogP contribution in [0.4, 0.5) is 4.79 Å². The Bertz CT molecular complexity index is 834. The number of hydrogen-bond donors (Lipinski definition) is 3. The Hall–Kier alpha value is -3.09. The molecule has 1 spiro atoms. The summed E-state index contributed by atoms with van der Waals surface area (Å²) in [6.45, 7) is 2.99. The molecule has 1 aromatic rings. The molecule has 148 valence electrons. The van der Waals surface area contributed by atoms with E-state index in [0.717, 1.165) is 11.1 Å². The van der Waals surface area contributed by atoms with Gasteiger partial charge in [0.25, 0.3) is 0 Å². The van der Waals surface area contributed by atoms with Gasteiger partial charge in [-0.25, -0.2) is 9.79 Å². The fourth-order valence-corrected chi connectivity index (χ4v) is 3.53. The standard InChI is InChI=1S/C21H26N4O3/c1-15(16-6-4-3-5-7-16)13-24-20(27)25-10-8-21(9-11-25)12-17(26)19(22)18(28-21)14-23-2/h3-7,13-14H,8-12,22H2,1-2H3,(H,24,27)/p+1/b15-13+,23-14?. The highest BCUT2D eigenvalue weighted by Crippen LogP contribution is 2.36. The number of nitrogens with one attached hydrogen (secondary N) is 2. The predicted molar refractivity (Wildman–Crippen MR) is 107 cm³/mol. The van der Waals surface area contributed by atoms with E-state index in [1.165, 1.54) is 0 Å². The van der Waals surface area contributed by atoms with Crippen molar-refractivity contribution in [2.75, 3.05) is 20.1 Å². The lowest BCUT2D eigenvalue weighted by molar-refractivity contribution is -0.414. The first kappa shape index (κ1) is 19.7. The van der Waals surface area contributed by atoms with Gasteiger partial charge in [0.15, 0.2) is 5.78 Å². The van der Waals surface area contributed by atoms with Gasteiger partial charge < -0.3 is 20.7 Å². The van der Waals surface area contributed by atoms with Crippen molar-refractivity contribution in [3.05, 3.63) is 53.6 Å². The number of urea groups is 1. The van der Waals surface area contributed by atoms with Crippen LogP contribution in [0.3, 0.4) is 0 Å². The molecule has 0 bridgehead atoms. The number of ketones is 1. The lowest BCUT2D eigenvalue weighted by atomic mass is 9.84. The molecule has 1 fully saturated rings. The number of hydrogen-bond acceptors (Lipinski definition) is 4. The molecule has 0 unspecified atom stereocenters. The molecule has 7 heteroatoms. The zero-order valence-electron chi connectivity index (χ0n) is 16.3. The summed E-state index contributed by atoms with van der Waals surface area (Å²) in [7, 11) is 1.73. The van der Waals surface area contributed by atoms with Crippen LogP contribution in [0.5, 0.6) is 0 Å². The number of piperidine rings is 1. The van der Waals surface area contributed by atoms with Crippen LogP contribution in [0.25, 0.3) is 5.57 Å². The van der Waals surface area contributed by atoms with Crippen LogP contribution < -0.4 is 16.0 Å². The summed E-state index contributed by atoms with van der Waals surface area (Å²) in [4.78, 5) is 29.4. The molecule has 28 heavy (non-hydrogen) atoms. The minimum Gasteiger partial charge on any atom is -0.479 e. The van der Waals surface area contributed by atoms with Crippen LogP contribution in [0.1, 0.15) is 31.7 Å². The number of likely N-dealkylation sites (tertiary alicyclic amines) is 1. The normalized spacial score (nSPS) is 19.9. The van der Waals surface area contributed by atoms with E-state index in [0.29, 0.717) is 31.7 Å². The first-order valence-electron chi connectivity index (χ1n) is 9.44. The van der Waals surface area contributed by atoms with Gasteiger partial charge in [0.1, 0.15) is 18.3 Å². The van der Waals surface area contributed by atoms with Gasteiger partial charge in [-0.15, -0.1) is 0 Å². The SMILES string of the molecule is C[NH+]=CC1=C(N)C(=O)CC2(CCN(C(=O)N/C=C(\C)c3ccccc3)CC2)O1. The maximum Gasteiger partial charge on any atom is 0.321 e. The van der Waals surface area contributed by atoms with E-state index in [2.05, 4.69) is 10.3 Å². The van der Waals surface area contributed by atoms with Gasteiger partial charge in [-0.05, 0) is 18.1 Å². The summed E-state index contributed by atoms with van der Waals surface area (Å²) in [5.74, 6) is 0.283. The van der Waals surface area contributed by atoms with Crippen LogP contribution in [0, 0.1) is 0 Å². The van der Waals surface area contributed by atoms with Crippen LogP contribution >= 0.6 is 0 Å². The first-order valence-corrected chi connectivity index (χ1v) is 9.44. The van der Waals surface area contributed by atoms with Gasteiger partial charge in [0.05, 0.1) is 6.42 Å². The second-order valence-corrected chi connectivity index (χ2v) is 7.23. The van der Waals surface area contributed by atoms with E-state index in [-0.39, 0.29) is 23.9 Å². The third-order valence-corrected chi connectivity index (χ3v) is 5.25. The van der Waals surface area contributed by atoms with E-state index >= 15 is 0 Å². The topological polar surface area (TPSA) is 98.6 Å². The Balaban J connectivity index is 1.59. The molecule has 7 nitrogen and oxygen atoms in total. The minimum atomic E-state index is -0.588. The lowest BCUT2D eigenvalue weighted by Gasteiger charge is -2.43. The molecule has 2 aliphatic rings. The first-order chi connectivity index (χ1) is 13.4. The van der Waals surface area contributed by atoms with Gasteiger partial charge in [0.2, 0.25) is 12.0 Å². The minimum absolute atomic E-state index is 0.105. The maximum atomic E-state index is 12.5. The van der Waals surface area contributed by atoms with Crippen LogP contribution in [0.2, 0.25) is 0 Å². The van der Waals surface area contributed by atoms with Crippen LogP contribution in [-0.2, 0) is 9.53 Å². The molecule has 0 aliphatic carbocycles. The van der Waals surface area contributed by atoms with Crippen LogP contribution in [-0.4, -0.2) is 48.7 Å². The molecule has 1 saturated heterocycles. The van der Waals surface area contributed by atoms with Crippen molar-refractivity contribution in [3.63, 3.8) is 0 Å². The highest BCUT2D eigenvalue weighted by atomic mass is 16.5. The van der Waals surface area contributed by atoms with E-state index < -0.39 is 5.60 Å². The molecule has 4 N–H and O–H groups in total. The highest BCUT2D eigenvalue weighted by molar-refractivity contribution is 6.00. The summed E-state index contributed by atoms with van der Waals surface area (Å²) >= 11 is 0. The van der Waals surface area contributed by atoms with Crippen LogP contribution in [0.15, 0.2) is 48.0 Å². The summed E-state index contributed by atoms with van der Waals surface area (Å²) < 4.78 is 6.07. The average molecular weight is 383 g/mol. The largest absolute Gasteiger partial charge is 0.479 e. The molecular weight excluding hydrogens is 356 g/mol. The predicted octanol–water partition coefficient (Wildman–Crippen LogP) is 0.533. The summed E-state index contributed by atoms with van der Waals surface area (Å²) in [5, 5.41) is 2.86. The smallest absolute Gasteiger partial charge is 0.321 e. The molecule has 2 heterocycles. The fraction of sp³-hybridized carbons (Fsp3) is 0.381. The Morgan fingerprint density at radius 2 is 1.96 bits per heavy atom. The van der Waals surface area contributed by atoms with E-state index in [9.17, 15) is 9.59 Å². The number of amides is 2. The Labute approximate surface area is 164 Å². The molecule has 0 radical (unpaired) electrons. The van der Waals surface area contributed by atoms with Gasteiger partial charge in [-0.3, -0.25) is 4.79 Å². The summed E-state index contributed by atoms with van der Waals surface area (Å²) in [6.07, 6.45) is 4.75. The Morgan fingerprint density at radius 3 is 2.61 bits per heavy atom. The molecule has 3 rings (SSSR count). The van der Waals surface area contributed by atoms with Gasteiger partial charge in [-0.2, -0.15) is 0 Å². The molecule has 2 aliphatic heterocycles. The summed E-state index contributed by atoms with van der Waals surface area (Å²) in [6, 6.07) is 9.73. The Kier molecular flexibility index (Phi) is 5.82. The number of ether oxygens (including phenoxy) is 1. The molecular formula is C21H27N4O3+. The van der Waals surface area contributed by atoms with Crippen molar-refractivity contribution in [3.8, 4) is 0 Å². The second-order valence-electron chi connectivity index (χ2n) is 7.23. The fourth-order valence-electron chi connectivity index (χ4n) is 3.53. The second kappa shape index (κ2) is 8.29. The van der Waals surface area contributed by atoms with E-state index in [4.69, 9.17) is 10.5 Å². The average Bonchev–Trinajstić information content (AvgIpc) is 2.71. The van der Waals surface area contributed by atoms with E-state index in [1.807, 2.05) is 37.3 Å². The lowest BCUT2D eigenvalue weighted by Crippen LogP contribution is -2.64. The molecule has 0 aromatic heterocycles. The number of rotatable bonds is 3. The monoisotopic (exact) mass is 383 g/mol. The quantitative estimate of drug-likeness (QED) is 0.663. The van der Waals surface area contributed by atoms with Crippen molar-refractivity contribution in [1.29, 1.82) is 0 Å². The van der Waals surface area contributed by atoms with Crippen molar-refractivity contribution in [2.24, 2.45) is 5.73 Å². The number of Topliss-reactive ketones (excluding diaryl/α,β-unsaturated/α-hetero) is 1. The van der Waals surface area contributed by atoms with E-state index in [1.54, 1.807) is 24.4 Å². The number of nitrogens with two attached hydrogens (primary N) is 1. The van der Waals surface area contributed by atoms with Crippen molar-refractivity contribution in [2.45, 2.75) is 31.8 Å². The number of nitrogens with zero attached hydrogens (tertiary/aromatic N) is 1. The number of benzene rings is 1. The highest BCUT2D eigenvalue weighted by Gasteiger charge is 2.44. The van der Waals surface area contributed by atoms with Crippen molar-refractivity contribution in [1.82, 2.24) is 10.2 Å². The molecule has 2 amide bonds. The molecule has 0 atom stereocenters. The Morgan fingerprint density at radius 1 is 1.29 bits per heavy atom. The zero-order valence-corrected chi connectivity index (χ0v) is 16.3. The number of carbonyl (C=O) groups excluding carboxylic acids is 2.